The van der Waals surface area contributed by atoms with Gasteiger partial charge in [0.1, 0.15) is 29.3 Å². The van der Waals surface area contributed by atoms with Crippen molar-refractivity contribution in [3.8, 4) is 18.2 Å². The van der Waals surface area contributed by atoms with E-state index in [9.17, 15) is 86.0 Å². The highest BCUT2D eigenvalue weighted by Gasteiger charge is 2.49. The minimum Gasteiger partial charge on any atom is -0.203 e. The van der Waals surface area contributed by atoms with Crippen molar-refractivity contribution in [1.82, 2.24) is 0 Å². The van der Waals surface area contributed by atoms with Gasteiger partial charge in [0.2, 0.25) is 0 Å². The third-order valence-electron chi connectivity index (χ3n) is 7.24. The van der Waals surface area contributed by atoms with Crippen LogP contribution in [0.4, 0.5) is 87.8 Å². The molecule has 4 rings (SSSR count). The number of nitriles is 3. The molecule has 0 aliphatic heterocycles. The van der Waals surface area contributed by atoms with Gasteiger partial charge in [-0.15, -0.1) is 0 Å². The molecular formula is C31H3F20N3. The van der Waals surface area contributed by atoms with Gasteiger partial charge in [-0.3, -0.25) is 0 Å². The number of nitrogens with zero attached hydrogens (tertiary/aromatic N) is 3. The van der Waals surface area contributed by atoms with E-state index in [1.165, 1.54) is 0 Å². The molecule has 3 aromatic rings. The molecule has 0 amide bonds. The summed E-state index contributed by atoms with van der Waals surface area (Å²) in [6.07, 6.45) is -23.9. The maximum absolute atomic E-state index is 15.1. The van der Waals surface area contributed by atoms with Crippen LogP contribution in [0.15, 0.2) is 34.9 Å². The van der Waals surface area contributed by atoms with Gasteiger partial charge >= 0.3 is 24.7 Å². The summed E-state index contributed by atoms with van der Waals surface area (Å²) in [6.45, 7) is 0. The van der Waals surface area contributed by atoms with Crippen LogP contribution < -0.4 is 0 Å². The lowest BCUT2D eigenvalue weighted by molar-refractivity contribution is -0.144. The van der Waals surface area contributed by atoms with Crippen LogP contribution in [0.3, 0.4) is 0 Å². The van der Waals surface area contributed by atoms with Crippen molar-refractivity contribution >= 4 is 16.7 Å². The number of hydrogen-bond acceptors (Lipinski definition) is 3. The van der Waals surface area contributed by atoms with Crippen molar-refractivity contribution in [1.29, 1.82) is 15.8 Å². The van der Waals surface area contributed by atoms with E-state index in [2.05, 4.69) is 0 Å². The van der Waals surface area contributed by atoms with Crippen molar-refractivity contribution in [2.45, 2.75) is 24.7 Å². The standard InChI is InChI=1S/C31H3F20N3/c32-20-16(21(33)25(37)18(24(20)36)30(46,47)48)11(5-53)14-13(10(4-52)7-1-8(28(40,41)42)3-9(2-7)29(43,44)45)15(14)12(6-54)17-22(34)26(38)19(31(49,50)51)27(39)23(17)35/h1-3H. The summed E-state index contributed by atoms with van der Waals surface area (Å²) in [7, 11) is 0. The molecule has 0 spiro atoms. The highest BCUT2D eigenvalue weighted by atomic mass is 19.4. The molecule has 1 aliphatic carbocycles. The molecule has 1 fully saturated rings. The Morgan fingerprint density at radius 3 is 0.852 bits per heavy atom. The van der Waals surface area contributed by atoms with Gasteiger partial charge in [-0.05, 0) is 23.8 Å². The Morgan fingerprint density at radius 1 is 0.370 bits per heavy atom. The van der Waals surface area contributed by atoms with Gasteiger partial charge in [0, 0.05) is 16.7 Å². The van der Waals surface area contributed by atoms with Crippen LogP contribution >= 0.6 is 0 Å². The summed E-state index contributed by atoms with van der Waals surface area (Å²) >= 11 is 0. The zero-order chi connectivity index (χ0) is 41.4. The second-order valence-electron chi connectivity index (χ2n) is 10.4. The van der Waals surface area contributed by atoms with Crippen LogP contribution in [0, 0.1) is 80.5 Å². The van der Waals surface area contributed by atoms with Gasteiger partial charge in [0.05, 0.1) is 39.0 Å². The van der Waals surface area contributed by atoms with Gasteiger partial charge in [0.15, 0.2) is 46.5 Å². The predicted molar refractivity (Wildman–Crippen MR) is 137 cm³/mol. The second kappa shape index (κ2) is 13.1. The predicted octanol–water partition coefficient (Wildman–Crippen LogP) is 11.1. The number of hydrogen-bond donors (Lipinski definition) is 0. The Morgan fingerprint density at radius 2 is 0.630 bits per heavy atom. The van der Waals surface area contributed by atoms with Gasteiger partial charge in [-0.2, -0.15) is 68.5 Å². The molecule has 282 valence electrons. The monoisotopic (exact) mass is 797 g/mol. The molecule has 0 atom stereocenters. The maximum Gasteiger partial charge on any atom is 0.422 e. The van der Waals surface area contributed by atoms with Gasteiger partial charge < -0.3 is 0 Å². The van der Waals surface area contributed by atoms with E-state index in [1.807, 2.05) is 0 Å². The number of alkyl halides is 12. The number of halogens is 20. The van der Waals surface area contributed by atoms with Gasteiger partial charge in [0.25, 0.3) is 0 Å². The summed E-state index contributed by atoms with van der Waals surface area (Å²) in [5.41, 5.74) is -28.7. The van der Waals surface area contributed by atoms with Crippen molar-refractivity contribution in [2.75, 3.05) is 0 Å². The van der Waals surface area contributed by atoms with E-state index in [-0.39, 0.29) is 12.1 Å². The molecule has 0 aromatic heterocycles. The molecular weight excluding hydrogens is 794 g/mol. The van der Waals surface area contributed by atoms with Crippen molar-refractivity contribution in [2.24, 2.45) is 0 Å². The Hall–Kier alpha value is -6.05. The molecule has 0 unspecified atom stereocenters. The molecule has 23 heteroatoms. The summed E-state index contributed by atoms with van der Waals surface area (Å²) in [5.74, 6) is -25.7. The average molecular weight is 797 g/mol. The molecule has 54 heavy (non-hydrogen) atoms. The quantitative estimate of drug-likeness (QED) is 0.151. The first-order chi connectivity index (χ1) is 24.6. The molecule has 0 saturated heterocycles. The Balaban J connectivity index is 2.35. The minimum absolute atomic E-state index is 0.274. The zero-order valence-corrected chi connectivity index (χ0v) is 24.6. The van der Waals surface area contributed by atoms with E-state index < -0.39 is 150 Å². The minimum atomic E-state index is -6.22. The molecule has 0 N–H and O–H groups in total. The smallest absolute Gasteiger partial charge is 0.203 e. The number of benzene rings is 3. The topological polar surface area (TPSA) is 71.4 Å². The SMILES string of the molecule is N#CC(=C1C(=C(C#N)c2c(F)c(F)c(C(F)(F)F)c(F)c2F)C1=C(C#N)c1c(F)c(F)c(C(F)(F)F)c(F)c1F)c1cc(C(F)(F)F)cc(C(F)(F)F)c1. The second-order valence-corrected chi connectivity index (χ2v) is 10.4. The summed E-state index contributed by atoms with van der Waals surface area (Å²) in [5, 5.41) is 29.3. The molecule has 1 saturated carbocycles. The van der Waals surface area contributed by atoms with Crippen LogP contribution in [0.2, 0.25) is 0 Å². The zero-order valence-electron chi connectivity index (χ0n) is 24.6. The van der Waals surface area contributed by atoms with Crippen LogP contribution in [0.5, 0.6) is 0 Å². The van der Waals surface area contributed by atoms with Gasteiger partial charge in [-0.1, -0.05) is 0 Å². The summed E-state index contributed by atoms with van der Waals surface area (Å²) in [4.78, 5) is 0. The van der Waals surface area contributed by atoms with Crippen LogP contribution in [-0.4, -0.2) is 0 Å². The number of allylic oxidation sites excluding steroid dienone is 6. The Kier molecular flexibility index (Phi) is 9.89. The summed E-state index contributed by atoms with van der Waals surface area (Å²) < 4.78 is 279. The molecule has 3 aromatic carbocycles. The van der Waals surface area contributed by atoms with E-state index >= 15 is 17.6 Å². The van der Waals surface area contributed by atoms with Crippen LogP contribution in [-0.2, 0) is 24.7 Å². The van der Waals surface area contributed by atoms with E-state index in [1.54, 1.807) is 0 Å². The van der Waals surface area contributed by atoms with E-state index in [0.29, 0.717) is 12.1 Å². The van der Waals surface area contributed by atoms with Crippen LogP contribution in [0.25, 0.3) is 16.7 Å². The summed E-state index contributed by atoms with van der Waals surface area (Å²) in [6, 6.07) is 1.22. The van der Waals surface area contributed by atoms with Crippen molar-refractivity contribution in [3.63, 3.8) is 0 Å². The largest absolute Gasteiger partial charge is 0.422 e. The van der Waals surface area contributed by atoms with E-state index in [4.69, 9.17) is 0 Å². The fourth-order valence-corrected chi connectivity index (χ4v) is 4.98. The average Bonchev–Trinajstić information content (AvgIpc) is 3.75. The third-order valence-corrected chi connectivity index (χ3v) is 7.24. The fourth-order valence-electron chi connectivity index (χ4n) is 4.98. The fraction of sp³-hybridized carbons (Fsp3) is 0.129. The first-order valence-electron chi connectivity index (χ1n) is 13.2. The highest BCUT2D eigenvalue weighted by Crippen LogP contribution is 2.58. The third kappa shape index (κ3) is 6.67. The van der Waals surface area contributed by atoms with E-state index in [0.717, 1.165) is 6.07 Å². The lowest BCUT2D eigenvalue weighted by atomic mass is 9.97. The van der Waals surface area contributed by atoms with Crippen molar-refractivity contribution in [3.05, 3.63) is 120 Å². The normalized spacial score (nSPS) is 15.4. The Bertz CT molecular complexity index is 2170. The molecule has 0 radical (unpaired) electrons. The highest BCUT2D eigenvalue weighted by molar-refractivity contribution is 6.12. The van der Waals surface area contributed by atoms with Gasteiger partial charge in [-0.25, -0.2) is 35.1 Å². The molecule has 0 bridgehead atoms. The first-order valence-corrected chi connectivity index (χ1v) is 13.2. The Labute approximate surface area is 284 Å². The van der Waals surface area contributed by atoms with Crippen molar-refractivity contribution < 1.29 is 87.8 Å². The first kappa shape index (κ1) is 40.7. The lowest BCUT2D eigenvalue weighted by Crippen LogP contribution is -2.17. The molecule has 1 aliphatic rings. The molecule has 0 heterocycles. The molecule has 3 nitrogen and oxygen atoms in total. The lowest BCUT2D eigenvalue weighted by Gasteiger charge is -2.14. The number of rotatable bonds is 3. The van der Waals surface area contributed by atoms with Crippen LogP contribution in [0.1, 0.15) is 38.9 Å². The maximum atomic E-state index is 15.1.